The molecular weight excluding hydrogens is 226 g/mol. The zero-order valence-electron chi connectivity index (χ0n) is 9.03. The molecule has 1 aromatic rings. The molecule has 1 amide bonds. The van der Waals surface area contributed by atoms with Crippen LogP contribution >= 0.6 is 11.6 Å². The van der Waals surface area contributed by atoms with E-state index in [4.69, 9.17) is 11.6 Å². The number of hydrogen-bond donors (Lipinski definition) is 2. The van der Waals surface area contributed by atoms with Crippen molar-refractivity contribution in [2.24, 2.45) is 0 Å². The number of benzene rings is 1. The smallest absolute Gasteiger partial charge is 0.235 e. The van der Waals surface area contributed by atoms with Crippen LogP contribution in [0.25, 0.3) is 0 Å². The van der Waals surface area contributed by atoms with Crippen molar-refractivity contribution in [3.63, 3.8) is 0 Å². The Hall–Kier alpha value is -1.06. The number of alkyl halides is 1. The largest absolute Gasteiger partial charge is 0.387 e. The van der Waals surface area contributed by atoms with E-state index in [1.807, 2.05) is 24.3 Å². The second-order valence-electron chi connectivity index (χ2n) is 4.37. The van der Waals surface area contributed by atoms with E-state index < -0.39 is 5.60 Å². The van der Waals surface area contributed by atoms with Crippen LogP contribution in [0.1, 0.15) is 24.1 Å². The standard InChI is InChI=1S/C12H14ClNO2/c1-12(16)6-8-4-2-3-5-9(8)11(12)14-10(15)7-13/h2-5,11,16H,6-7H2,1H3,(H,14,15). The zero-order valence-corrected chi connectivity index (χ0v) is 9.79. The Morgan fingerprint density at radius 1 is 1.62 bits per heavy atom. The van der Waals surface area contributed by atoms with Gasteiger partial charge in [-0.2, -0.15) is 0 Å². The maximum absolute atomic E-state index is 11.3. The molecule has 2 unspecified atom stereocenters. The third-order valence-corrected chi connectivity index (χ3v) is 3.21. The summed E-state index contributed by atoms with van der Waals surface area (Å²) in [6, 6.07) is 7.36. The van der Waals surface area contributed by atoms with Gasteiger partial charge >= 0.3 is 0 Å². The van der Waals surface area contributed by atoms with E-state index in [1.165, 1.54) is 0 Å². The number of halogens is 1. The Morgan fingerprint density at radius 3 is 3.00 bits per heavy atom. The van der Waals surface area contributed by atoms with Crippen molar-refractivity contribution in [1.82, 2.24) is 5.32 Å². The highest BCUT2D eigenvalue weighted by Crippen LogP contribution is 2.38. The van der Waals surface area contributed by atoms with Gasteiger partial charge in [0.2, 0.25) is 5.91 Å². The summed E-state index contributed by atoms with van der Waals surface area (Å²) in [4.78, 5) is 11.3. The molecule has 0 saturated carbocycles. The molecule has 4 heteroatoms. The van der Waals surface area contributed by atoms with Gasteiger partial charge in [0.25, 0.3) is 0 Å². The van der Waals surface area contributed by atoms with Crippen molar-refractivity contribution in [1.29, 1.82) is 0 Å². The van der Waals surface area contributed by atoms with Crippen molar-refractivity contribution in [3.05, 3.63) is 35.4 Å². The van der Waals surface area contributed by atoms with Gasteiger partial charge < -0.3 is 10.4 Å². The first-order valence-corrected chi connectivity index (χ1v) is 5.73. The van der Waals surface area contributed by atoms with Gasteiger partial charge in [0, 0.05) is 6.42 Å². The summed E-state index contributed by atoms with van der Waals surface area (Å²) >= 11 is 5.46. The summed E-state index contributed by atoms with van der Waals surface area (Å²) in [6.45, 7) is 1.73. The van der Waals surface area contributed by atoms with Crippen LogP contribution in [0.2, 0.25) is 0 Å². The summed E-state index contributed by atoms with van der Waals surface area (Å²) in [5.41, 5.74) is 1.11. The molecule has 1 aliphatic rings. The lowest BCUT2D eigenvalue weighted by Gasteiger charge is -2.26. The van der Waals surface area contributed by atoms with Gasteiger partial charge in [-0.05, 0) is 18.1 Å². The van der Waals surface area contributed by atoms with Crippen LogP contribution < -0.4 is 5.32 Å². The lowest BCUT2D eigenvalue weighted by atomic mass is 9.97. The molecule has 2 rings (SSSR count). The number of aliphatic hydroxyl groups is 1. The zero-order chi connectivity index (χ0) is 11.8. The average Bonchev–Trinajstić information content (AvgIpc) is 2.50. The van der Waals surface area contributed by atoms with E-state index in [1.54, 1.807) is 6.92 Å². The topological polar surface area (TPSA) is 49.3 Å². The number of carbonyl (C=O) groups is 1. The van der Waals surface area contributed by atoms with Crippen LogP contribution in [-0.2, 0) is 11.2 Å². The molecule has 3 nitrogen and oxygen atoms in total. The van der Waals surface area contributed by atoms with Crippen molar-refractivity contribution < 1.29 is 9.90 Å². The van der Waals surface area contributed by atoms with Gasteiger partial charge in [-0.25, -0.2) is 0 Å². The maximum atomic E-state index is 11.3. The van der Waals surface area contributed by atoms with Crippen LogP contribution in [-0.4, -0.2) is 22.5 Å². The van der Waals surface area contributed by atoms with E-state index in [-0.39, 0.29) is 17.8 Å². The number of nitrogens with one attached hydrogen (secondary N) is 1. The first-order chi connectivity index (χ1) is 7.54. The van der Waals surface area contributed by atoms with Crippen molar-refractivity contribution in [3.8, 4) is 0 Å². The Bertz CT molecular complexity index is 417. The summed E-state index contributed by atoms with van der Waals surface area (Å²) < 4.78 is 0. The first kappa shape index (κ1) is 11.4. The molecule has 1 aromatic carbocycles. The lowest BCUT2D eigenvalue weighted by Crippen LogP contribution is -2.42. The average molecular weight is 240 g/mol. The van der Waals surface area contributed by atoms with Crippen LogP contribution in [0.4, 0.5) is 0 Å². The quantitative estimate of drug-likeness (QED) is 0.767. The monoisotopic (exact) mass is 239 g/mol. The van der Waals surface area contributed by atoms with Crippen LogP contribution in [0.5, 0.6) is 0 Å². The van der Waals surface area contributed by atoms with Crippen LogP contribution in [0.15, 0.2) is 24.3 Å². The number of amides is 1. The highest BCUT2D eigenvalue weighted by Gasteiger charge is 2.41. The predicted molar refractivity (Wildman–Crippen MR) is 62.4 cm³/mol. The minimum atomic E-state index is -0.939. The van der Waals surface area contributed by atoms with Gasteiger partial charge in [-0.15, -0.1) is 11.6 Å². The van der Waals surface area contributed by atoms with Crippen LogP contribution in [0, 0.1) is 0 Å². The Kier molecular flexibility index (Phi) is 2.91. The van der Waals surface area contributed by atoms with Gasteiger partial charge in [0.15, 0.2) is 0 Å². The molecule has 16 heavy (non-hydrogen) atoms. The fourth-order valence-corrected chi connectivity index (χ4v) is 2.31. The number of rotatable bonds is 2. The molecule has 0 heterocycles. The molecule has 0 aromatic heterocycles. The summed E-state index contributed by atoms with van der Waals surface area (Å²) in [5.74, 6) is -0.349. The molecule has 2 N–H and O–H groups in total. The minimum Gasteiger partial charge on any atom is -0.387 e. The second-order valence-corrected chi connectivity index (χ2v) is 4.63. The fraction of sp³-hybridized carbons (Fsp3) is 0.417. The highest BCUT2D eigenvalue weighted by atomic mass is 35.5. The fourth-order valence-electron chi connectivity index (χ4n) is 2.23. The SMILES string of the molecule is CC1(O)Cc2ccccc2C1NC(=O)CCl. The Labute approximate surface area is 99.4 Å². The Balaban J connectivity index is 2.31. The van der Waals surface area contributed by atoms with E-state index in [9.17, 15) is 9.90 Å². The summed E-state index contributed by atoms with van der Waals surface area (Å²) in [6.07, 6.45) is 0.552. The number of fused-ring (bicyclic) bond motifs is 1. The minimum absolute atomic E-state index is 0.0885. The molecule has 0 aliphatic heterocycles. The molecule has 86 valence electrons. The van der Waals surface area contributed by atoms with Gasteiger partial charge in [-0.1, -0.05) is 24.3 Å². The van der Waals surface area contributed by atoms with E-state index in [2.05, 4.69) is 5.32 Å². The predicted octanol–water partition coefficient (Wildman–Crippen LogP) is 1.39. The molecular formula is C12H14ClNO2. The van der Waals surface area contributed by atoms with E-state index in [0.717, 1.165) is 11.1 Å². The maximum Gasteiger partial charge on any atom is 0.235 e. The first-order valence-electron chi connectivity index (χ1n) is 5.20. The molecule has 0 bridgehead atoms. The molecule has 0 spiro atoms. The van der Waals surface area contributed by atoms with E-state index >= 15 is 0 Å². The molecule has 2 atom stereocenters. The van der Waals surface area contributed by atoms with Crippen LogP contribution in [0.3, 0.4) is 0 Å². The van der Waals surface area contributed by atoms with Gasteiger partial charge in [-0.3, -0.25) is 4.79 Å². The molecule has 0 saturated heterocycles. The van der Waals surface area contributed by atoms with E-state index in [0.29, 0.717) is 6.42 Å². The summed E-state index contributed by atoms with van der Waals surface area (Å²) in [5, 5.41) is 13.0. The van der Waals surface area contributed by atoms with Crippen molar-refractivity contribution in [2.75, 3.05) is 5.88 Å². The normalized spacial score (nSPS) is 27.6. The van der Waals surface area contributed by atoms with Gasteiger partial charge in [0.1, 0.15) is 5.88 Å². The number of carbonyl (C=O) groups excluding carboxylic acids is 1. The highest BCUT2D eigenvalue weighted by molar-refractivity contribution is 6.27. The number of hydrogen-bond acceptors (Lipinski definition) is 2. The Morgan fingerprint density at radius 2 is 2.31 bits per heavy atom. The third-order valence-electron chi connectivity index (χ3n) is 2.96. The second kappa shape index (κ2) is 4.07. The lowest BCUT2D eigenvalue weighted by molar-refractivity contribution is -0.121. The third kappa shape index (κ3) is 1.93. The molecule has 1 aliphatic carbocycles. The molecule has 0 fully saturated rings. The van der Waals surface area contributed by atoms with Gasteiger partial charge in [0.05, 0.1) is 11.6 Å². The van der Waals surface area contributed by atoms with Crippen molar-refractivity contribution >= 4 is 17.5 Å². The summed E-state index contributed by atoms with van der Waals surface area (Å²) in [7, 11) is 0. The van der Waals surface area contributed by atoms with Crippen molar-refractivity contribution in [2.45, 2.75) is 25.0 Å². The molecule has 0 radical (unpaired) electrons.